The Morgan fingerprint density at radius 3 is 2.42 bits per heavy atom. The van der Waals surface area contributed by atoms with Gasteiger partial charge in [0.1, 0.15) is 28.2 Å². The van der Waals surface area contributed by atoms with Crippen molar-refractivity contribution in [3.05, 3.63) is 75.8 Å². The van der Waals surface area contributed by atoms with Crippen LogP contribution >= 0.6 is 11.3 Å². The number of rotatable bonds is 11. The lowest BCUT2D eigenvalue weighted by molar-refractivity contribution is -0.132. The minimum Gasteiger partial charge on any atom is -0.507 e. The number of aliphatic hydroxyl groups is 1. The molecule has 9 nitrogen and oxygen atoms in total. The summed E-state index contributed by atoms with van der Waals surface area (Å²) in [5.74, 6) is -1.56. The second kappa shape index (κ2) is 12.8. The Bertz CT molecular complexity index is 1430. The number of carbonyl (C=O) groups is 3. The highest BCUT2D eigenvalue weighted by Gasteiger charge is 2.49. The van der Waals surface area contributed by atoms with Crippen molar-refractivity contribution in [2.75, 3.05) is 24.7 Å². The molecule has 0 spiro atoms. The molecule has 1 aliphatic heterocycles. The summed E-state index contributed by atoms with van der Waals surface area (Å²) in [5.41, 5.74) is 1.11. The van der Waals surface area contributed by atoms with Gasteiger partial charge in [-0.2, -0.15) is 0 Å². The molecule has 2 heterocycles. The Morgan fingerprint density at radius 1 is 1.02 bits per heavy atom. The number of anilines is 1. The van der Waals surface area contributed by atoms with Gasteiger partial charge < -0.3 is 19.3 Å². The molecule has 1 N–H and O–H groups in total. The van der Waals surface area contributed by atoms with E-state index in [1.54, 1.807) is 62.4 Å². The van der Waals surface area contributed by atoms with Crippen molar-refractivity contribution < 1.29 is 33.7 Å². The van der Waals surface area contributed by atoms with Crippen LogP contribution in [0.25, 0.3) is 5.76 Å². The summed E-state index contributed by atoms with van der Waals surface area (Å²) in [6.07, 6.45) is 1.92. The third-order valence-corrected chi connectivity index (χ3v) is 7.44. The molecule has 1 amide bonds. The summed E-state index contributed by atoms with van der Waals surface area (Å²) >= 11 is 0.955. The van der Waals surface area contributed by atoms with Gasteiger partial charge in [0, 0.05) is 11.1 Å². The van der Waals surface area contributed by atoms with Gasteiger partial charge >= 0.3 is 11.9 Å². The molecular formula is C30H32N2O7S. The molecule has 40 heavy (non-hydrogen) atoms. The number of aliphatic hydroxyl groups excluding tert-OH is 1. The summed E-state index contributed by atoms with van der Waals surface area (Å²) < 4.78 is 16.7. The highest BCUT2D eigenvalue weighted by molar-refractivity contribution is 7.17. The number of benzene rings is 2. The number of ketones is 1. The number of ether oxygens (including phenoxy) is 3. The van der Waals surface area contributed by atoms with Gasteiger partial charge in [0.15, 0.2) is 5.13 Å². The Balaban J connectivity index is 1.85. The molecule has 0 saturated carbocycles. The fourth-order valence-electron chi connectivity index (χ4n) is 4.39. The fourth-order valence-corrected chi connectivity index (χ4v) is 5.38. The number of Topliss-reactive ketones (excluding diaryl/α,β-unsaturated/α-hetero) is 1. The summed E-state index contributed by atoms with van der Waals surface area (Å²) in [4.78, 5) is 45.5. The highest BCUT2D eigenvalue weighted by Crippen LogP contribution is 2.46. The van der Waals surface area contributed by atoms with Gasteiger partial charge in [-0.15, -0.1) is 0 Å². The minimum absolute atomic E-state index is 0.109. The first kappa shape index (κ1) is 28.8. The van der Waals surface area contributed by atoms with Gasteiger partial charge in [-0.25, -0.2) is 9.78 Å². The summed E-state index contributed by atoms with van der Waals surface area (Å²) in [7, 11) is 0. The number of thiazole rings is 1. The molecule has 1 fully saturated rings. The van der Waals surface area contributed by atoms with E-state index in [1.165, 1.54) is 4.90 Å². The SMILES string of the molecule is CCCCOc1ccc(/C(O)=C2\C(=O)C(=O)N(c3nc(C)c(C(=O)OCC)s3)C2c2ccccc2OCC)cc1. The van der Waals surface area contributed by atoms with Crippen molar-refractivity contribution in [2.45, 2.75) is 46.6 Å². The topological polar surface area (TPSA) is 115 Å². The molecule has 1 aliphatic rings. The first-order valence-electron chi connectivity index (χ1n) is 13.2. The van der Waals surface area contributed by atoms with Crippen LogP contribution in [0, 0.1) is 6.92 Å². The lowest BCUT2D eigenvalue weighted by atomic mass is 9.94. The molecular weight excluding hydrogens is 532 g/mol. The number of aromatic nitrogens is 1. The van der Waals surface area contributed by atoms with Crippen LogP contribution in [-0.2, 0) is 14.3 Å². The molecule has 210 valence electrons. The predicted octanol–water partition coefficient (Wildman–Crippen LogP) is 5.83. The van der Waals surface area contributed by atoms with Gasteiger partial charge in [-0.3, -0.25) is 14.5 Å². The van der Waals surface area contributed by atoms with Crippen molar-refractivity contribution in [3.8, 4) is 11.5 Å². The van der Waals surface area contributed by atoms with Crippen LogP contribution < -0.4 is 14.4 Å². The van der Waals surface area contributed by atoms with Gasteiger partial charge in [0.05, 0.1) is 31.1 Å². The summed E-state index contributed by atoms with van der Waals surface area (Å²) in [6, 6.07) is 12.7. The van der Waals surface area contributed by atoms with Crippen molar-refractivity contribution in [2.24, 2.45) is 0 Å². The Labute approximate surface area is 237 Å². The second-order valence-electron chi connectivity index (χ2n) is 9.00. The van der Waals surface area contributed by atoms with Crippen LogP contribution in [0.5, 0.6) is 11.5 Å². The molecule has 10 heteroatoms. The van der Waals surface area contributed by atoms with E-state index in [1.807, 2.05) is 6.92 Å². The van der Waals surface area contributed by atoms with Crippen molar-refractivity contribution in [1.82, 2.24) is 4.98 Å². The lowest BCUT2D eigenvalue weighted by Crippen LogP contribution is -2.29. The quantitative estimate of drug-likeness (QED) is 0.102. The fraction of sp³-hybridized carbons (Fsp3) is 0.333. The standard InChI is InChI=1S/C30H32N2O7S/c1-5-8-17-39-20-15-13-19(14-16-20)25(33)23-24(21-11-9-10-12-22(21)37-6-2)32(28(35)26(23)34)30-31-18(4)27(40-30)29(36)38-7-3/h9-16,24,33H,5-8,17H2,1-4H3/b25-23+. The van der Waals surface area contributed by atoms with E-state index in [0.29, 0.717) is 41.5 Å². The van der Waals surface area contributed by atoms with Crippen molar-refractivity contribution >= 4 is 39.9 Å². The average Bonchev–Trinajstić information content (AvgIpc) is 3.46. The maximum absolute atomic E-state index is 13.5. The number of hydrogen-bond acceptors (Lipinski definition) is 9. The third-order valence-electron chi connectivity index (χ3n) is 6.30. The van der Waals surface area contributed by atoms with Crippen LogP contribution in [0.3, 0.4) is 0 Å². The van der Waals surface area contributed by atoms with Gasteiger partial charge in [0.25, 0.3) is 5.78 Å². The van der Waals surface area contributed by atoms with Gasteiger partial charge in [-0.1, -0.05) is 42.9 Å². The number of para-hydroxylation sites is 1. The third kappa shape index (κ3) is 5.72. The maximum Gasteiger partial charge on any atom is 0.350 e. The van der Waals surface area contributed by atoms with Crippen molar-refractivity contribution in [1.29, 1.82) is 0 Å². The van der Waals surface area contributed by atoms with Crippen LogP contribution in [0.1, 0.15) is 66.1 Å². The maximum atomic E-state index is 13.5. The largest absolute Gasteiger partial charge is 0.507 e. The predicted molar refractivity (Wildman–Crippen MR) is 152 cm³/mol. The molecule has 0 aliphatic carbocycles. The monoisotopic (exact) mass is 564 g/mol. The molecule has 1 unspecified atom stereocenters. The number of carbonyl (C=O) groups excluding carboxylic acids is 3. The number of unbranched alkanes of at least 4 members (excludes halogenated alkanes) is 1. The second-order valence-corrected chi connectivity index (χ2v) is 9.98. The molecule has 1 atom stereocenters. The molecule has 1 saturated heterocycles. The number of amides is 1. The lowest BCUT2D eigenvalue weighted by Gasteiger charge is -2.24. The van der Waals surface area contributed by atoms with E-state index in [9.17, 15) is 19.5 Å². The number of esters is 1. The molecule has 4 rings (SSSR count). The van der Waals surface area contributed by atoms with E-state index in [0.717, 1.165) is 24.2 Å². The number of nitrogens with zero attached hydrogens (tertiary/aromatic N) is 2. The van der Waals surface area contributed by atoms with Gasteiger partial charge in [0.2, 0.25) is 0 Å². The zero-order valence-corrected chi connectivity index (χ0v) is 23.7. The first-order chi connectivity index (χ1) is 19.3. The van der Waals surface area contributed by atoms with E-state index >= 15 is 0 Å². The van der Waals surface area contributed by atoms with E-state index < -0.39 is 23.7 Å². The van der Waals surface area contributed by atoms with E-state index in [-0.39, 0.29) is 27.9 Å². The van der Waals surface area contributed by atoms with E-state index in [2.05, 4.69) is 11.9 Å². The molecule has 3 aromatic rings. The van der Waals surface area contributed by atoms with Crippen molar-refractivity contribution in [3.63, 3.8) is 0 Å². The highest BCUT2D eigenvalue weighted by atomic mass is 32.1. The Morgan fingerprint density at radius 2 is 1.75 bits per heavy atom. The Kier molecular flexibility index (Phi) is 9.21. The van der Waals surface area contributed by atoms with Crippen LogP contribution in [-0.4, -0.2) is 47.6 Å². The summed E-state index contributed by atoms with van der Waals surface area (Å²) in [5, 5.41) is 11.6. The van der Waals surface area contributed by atoms with E-state index in [4.69, 9.17) is 14.2 Å². The Hall–Kier alpha value is -4.18. The van der Waals surface area contributed by atoms with Crippen LogP contribution in [0.4, 0.5) is 5.13 Å². The molecule has 0 radical (unpaired) electrons. The smallest absolute Gasteiger partial charge is 0.350 e. The normalized spacial score (nSPS) is 16.3. The van der Waals surface area contributed by atoms with Crippen LogP contribution in [0.15, 0.2) is 54.1 Å². The molecule has 0 bridgehead atoms. The minimum atomic E-state index is -1.05. The summed E-state index contributed by atoms with van der Waals surface area (Å²) in [6.45, 7) is 8.33. The molecule has 1 aromatic heterocycles. The number of aryl methyl sites for hydroxylation is 1. The number of hydrogen-bond donors (Lipinski definition) is 1. The first-order valence-corrected chi connectivity index (χ1v) is 14.0. The van der Waals surface area contributed by atoms with Crippen LogP contribution in [0.2, 0.25) is 0 Å². The average molecular weight is 565 g/mol. The zero-order chi connectivity index (χ0) is 28.8. The molecule has 2 aromatic carbocycles. The zero-order valence-electron chi connectivity index (χ0n) is 22.9. The van der Waals surface area contributed by atoms with Gasteiger partial charge in [-0.05, 0) is 57.5 Å².